The number of fused-ring (bicyclic) bond motifs is 6. The van der Waals surface area contributed by atoms with Crippen molar-refractivity contribution in [1.29, 1.82) is 10.5 Å². The first-order valence-corrected chi connectivity index (χ1v) is 27.9. The Hall–Kier alpha value is -11.8. The largest absolute Gasteiger partial charge is 0.309 e. The van der Waals surface area contributed by atoms with Gasteiger partial charge in [0.25, 0.3) is 0 Å². The summed E-state index contributed by atoms with van der Waals surface area (Å²) in [6.07, 6.45) is 0. The maximum atomic E-state index is 10.9. The molecule has 0 amide bonds. The molecule has 12 aromatic carbocycles. The highest BCUT2D eigenvalue weighted by molar-refractivity contribution is 6.13. The Kier molecular flexibility index (Phi) is 12.2. The quantitative estimate of drug-likeness (QED) is 0.136. The molecule has 3 heterocycles. The van der Waals surface area contributed by atoms with Crippen molar-refractivity contribution in [2.45, 2.75) is 0 Å². The normalized spacial score (nSPS) is 11.3. The molecule has 15 rings (SSSR count). The Morgan fingerprint density at radius 1 is 0.250 bits per heavy atom. The number of hydrogen-bond donors (Lipinski definition) is 0. The molecule has 0 aliphatic heterocycles. The standard InChI is InChI=1S/C77H47N7/c78-48-50-38-62(42-64(39-50)83-71-34-30-56(51-18-6-1-7-19-51)44-67(71)68-45-57(31-35-72(68)83)52-20-8-2-9-21-52)76-80-75(55-26-14-5-15-27-55)81-77(82-76)63-40-61(66-29-17-16-28-60(66)49-79)41-65(43-63)84-73-36-32-58(53-22-10-3-11-23-53)46-69(73)70-47-59(33-37-74(70)84)54-24-12-4-13-25-54/h1-47H. The second kappa shape index (κ2) is 20.7. The lowest BCUT2D eigenvalue weighted by Crippen LogP contribution is -2.03. The van der Waals surface area contributed by atoms with Crippen molar-refractivity contribution in [3.05, 3.63) is 296 Å². The van der Waals surface area contributed by atoms with Gasteiger partial charge in [0.05, 0.1) is 45.3 Å². The summed E-state index contributed by atoms with van der Waals surface area (Å²) in [7, 11) is 0. The van der Waals surface area contributed by atoms with E-state index in [4.69, 9.17) is 15.0 Å². The summed E-state index contributed by atoms with van der Waals surface area (Å²) < 4.78 is 4.56. The lowest BCUT2D eigenvalue weighted by atomic mass is 9.97. The number of hydrogen-bond acceptors (Lipinski definition) is 5. The fraction of sp³-hybridized carbons (Fsp3) is 0. The first kappa shape index (κ1) is 49.3. The highest BCUT2D eigenvalue weighted by Crippen LogP contribution is 2.42. The molecule has 7 heteroatoms. The van der Waals surface area contributed by atoms with Crippen molar-refractivity contribution in [3.63, 3.8) is 0 Å². The molecule has 0 fully saturated rings. The lowest BCUT2D eigenvalue weighted by molar-refractivity contribution is 1.07. The van der Waals surface area contributed by atoms with Crippen LogP contribution in [0.3, 0.4) is 0 Å². The predicted octanol–water partition coefficient (Wildman–Crippen LogP) is 19.1. The molecule has 3 aromatic heterocycles. The van der Waals surface area contributed by atoms with E-state index in [2.05, 4.69) is 215 Å². The maximum absolute atomic E-state index is 10.9. The van der Waals surface area contributed by atoms with Crippen molar-refractivity contribution >= 4 is 43.6 Å². The SMILES string of the molecule is N#Cc1cc(-c2nc(-c3ccccc3)nc(-c3cc(-c4ccccc4C#N)cc(-n4c5ccc(-c6ccccc6)cc5c5cc(-c6ccccc6)ccc54)c3)n2)cc(-n2c3ccc(-c4ccccc4)cc3c3cc(-c4ccccc4)ccc32)c1. The Labute approximate surface area is 485 Å². The van der Waals surface area contributed by atoms with Crippen LogP contribution in [0, 0.1) is 22.7 Å². The van der Waals surface area contributed by atoms with Crippen molar-refractivity contribution < 1.29 is 0 Å². The summed E-state index contributed by atoms with van der Waals surface area (Å²) in [6.45, 7) is 0. The number of aromatic nitrogens is 5. The topological polar surface area (TPSA) is 96.1 Å². The highest BCUT2D eigenvalue weighted by atomic mass is 15.0. The van der Waals surface area contributed by atoms with Gasteiger partial charge in [-0.3, -0.25) is 0 Å². The van der Waals surface area contributed by atoms with Gasteiger partial charge in [0.2, 0.25) is 0 Å². The molecular weight excluding hydrogens is 1020 g/mol. The van der Waals surface area contributed by atoms with Gasteiger partial charge < -0.3 is 9.13 Å². The van der Waals surface area contributed by atoms with Crippen LogP contribution in [0.5, 0.6) is 0 Å². The summed E-state index contributed by atoms with van der Waals surface area (Å²) in [6, 6.07) is 103. The molecule has 0 unspecified atom stereocenters. The van der Waals surface area contributed by atoms with Gasteiger partial charge in [-0.1, -0.05) is 194 Å². The molecule has 0 bridgehead atoms. The molecule has 0 aliphatic rings. The third-order valence-corrected chi connectivity index (χ3v) is 16.0. The van der Waals surface area contributed by atoms with Crippen LogP contribution in [0.4, 0.5) is 0 Å². The van der Waals surface area contributed by atoms with Crippen molar-refractivity contribution in [1.82, 2.24) is 24.1 Å². The molecule has 0 spiro atoms. The Morgan fingerprint density at radius 2 is 0.583 bits per heavy atom. The molecule has 390 valence electrons. The molecular formula is C77H47N7. The van der Waals surface area contributed by atoms with Crippen LogP contribution < -0.4 is 0 Å². The number of nitriles is 2. The van der Waals surface area contributed by atoms with E-state index >= 15 is 0 Å². The average molecular weight is 1070 g/mol. The van der Waals surface area contributed by atoms with Gasteiger partial charge in [0.1, 0.15) is 0 Å². The van der Waals surface area contributed by atoms with Crippen LogP contribution >= 0.6 is 0 Å². The van der Waals surface area contributed by atoms with Gasteiger partial charge in [0.15, 0.2) is 17.5 Å². The van der Waals surface area contributed by atoms with Crippen molar-refractivity contribution in [2.75, 3.05) is 0 Å². The summed E-state index contributed by atoms with van der Waals surface area (Å²) in [5.74, 6) is 1.30. The minimum Gasteiger partial charge on any atom is -0.309 e. The number of rotatable bonds is 10. The van der Waals surface area contributed by atoms with Gasteiger partial charge in [-0.25, -0.2) is 15.0 Å². The van der Waals surface area contributed by atoms with E-state index in [1.165, 1.54) is 0 Å². The van der Waals surface area contributed by atoms with Gasteiger partial charge in [-0.2, -0.15) is 10.5 Å². The minimum atomic E-state index is 0.402. The van der Waals surface area contributed by atoms with E-state index in [0.29, 0.717) is 34.2 Å². The first-order chi connectivity index (χ1) is 41.5. The van der Waals surface area contributed by atoms with Crippen LogP contribution in [-0.4, -0.2) is 24.1 Å². The zero-order chi connectivity index (χ0) is 56.1. The monoisotopic (exact) mass is 1070 g/mol. The molecule has 0 aliphatic carbocycles. The second-order valence-corrected chi connectivity index (χ2v) is 21.0. The molecule has 0 saturated carbocycles. The summed E-state index contributed by atoms with van der Waals surface area (Å²) in [4.78, 5) is 16.0. The Bertz CT molecular complexity index is 4940. The molecule has 0 saturated heterocycles. The highest BCUT2D eigenvalue weighted by Gasteiger charge is 2.22. The van der Waals surface area contributed by atoms with Crippen molar-refractivity contribution in [2.24, 2.45) is 0 Å². The number of nitrogens with zero attached hydrogens (tertiary/aromatic N) is 7. The molecule has 84 heavy (non-hydrogen) atoms. The molecule has 7 nitrogen and oxygen atoms in total. The maximum Gasteiger partial charge on any atom is 0.164 e. The third-order valence-electron chi connectivity index (χ3n) is 16.0. The number of benzene rings is 12. The minimum absolute atomic E-state index is 0.402. The van der Waals surface area contributed by atoms with Crippen LogP contribution in [0.25, 0.3) is 145 Å². The zero-order valence-electron chi connectivity index (χ0n) is 45.3. The van der Waals surface area contributed by atoms with Crippen LogP contribution in [0.1, 0.15) is 11.1 Å². The molecule has 0 atom stereocenters. The van der Waals surface area contributed by atoms with E-state index in [9.17, 15) is 10.5 Å². The predicted molar refractivity (Wildman–Crippen MR) is 341 cm³/mol. The smallest absolute Gasteiger partial charge is 0.164 e. The molecule has 15 aromatic rings. The van der Waals surface area contributed by atoms with E-state index in [-0.39, 0.29) is 0 Å². The zero-order valence-corrected chi connectivity index (χ0v) is 45.3. The van der Waals surface area contributed by atoms with E-state index < -0.39 is 0 Å². The van der Waals surface area contributed by atoms with Gasteiger partial charge in [-0.05, 0) is 147 Å². The Morgan fingerprint density at radius 3 is 0.976 bits per heavy atom. The van der Waals surface area contributed by atoms with Crippen LogP contribution in [0.15, 0.2) is 285 Å². The average Bonchev–Trinajstić information content (AvgIpc) is 2.96. The van der Waals surface area contributed by atoms with E-state index in [1.807, 2.05) is 91.0 Å². The fourth-order valence-corrected chi connectivity index (χ4v) is 12.0. The van der Waals surface area contributed by atoms with E-state index in [1.54, 1.807) is 0 Å². The summed E-state index contributed by atoms with van der Waals surface area (Å²) >= 11 is 0. The second-order valence-electron chi connectivity index (χ2n) is 21.0. The van der Waals surface area contributed by atoms with Crippen LogP contribution in [0.2, 0.25) is 0 Å². The van der Waals surface area contributed by atoms with Gasteiger partial charge in [0, 0.05) is 49.6 Å². The summed E-state index contributed by atoms with van der Waals surface area (Å²) in [5.41, 5.74) is 19.5. The Balaban J connectivity index is 0.953. The van der Waals surface area contributed by atoms with Crippen LogP contribution in [-0.2, 0) is 0 Å². The van der Waals surface area contributed by atoms with Gasteiger partial charge in [-0.15, -0.1) is 0 Å². The van der Waals surface area contributed by atoms with Gasteiger partial charge >= 0.3 is 0 Å². The molecule has 0 radical (unpaired) electrons. The third kappa shape index (κ3) is 8.83. The lowest BCUT2D eigenvalue weighted by Gasteiger charge is -2.15. The summed E-state index contributed by atoms with van der Waals surface area (Å²) in [5, 5.41) is 25.9. The van der Waals surface area contributed by atoms with E-state index in [0.717, 1.165) is 122 Å². The molecule has 0 N–H and O–H groups in total. The first-order valence-electron chi connectivity index (χ1n) is 27.9. The fourth-order valence-electron chi connectivity index (χ4n) is 12.0. The van der Waals surface area contributed by atoms with Crippen molar-refractivity contribution in [3.8, 4) is 113 Å².